The summed E-state index contributed by atoms with van der Waals surface area (Å²) >= 11 is 0. The molecule has 0 saturated heterocycles. The number of carbonyl (C=O) groups excluding carboxylic acids is 1. The van der Waals surface area contributed by atoms with E-state index in [4.69, 9.17) is 0 Å². The van der Waals surface area contributed by atoms with E-state index >= 15 is 0 Å². The van der Waals surface area contributed by atoms with Crippen molar-refractivity contribution in [1.82, 2.24) is 20.3 Å². The number of hydrogen-bond acceptors (Lipinski definition) is 4. The van der Waals surface area contributed by atoms with E-state index in [-0.39, 0.29) is 18.5 Å². The molecule has 1 atom stereocenters. The third-order valence-corrected chi connectivity index (χ3v) is 2.60. The summed E-state index contributed by atoms with van der Waals surface area (Å²) in [6.45, 7) is 7.44. The minimum atomic E-state index is -1.04. The van der Waals surface area contributed by atoms with Gasteiger partial charge in [-0.3, -0.25) is 4.79 Å². The third-order valence-electron chi connectivity index (χ3n) is 2.60. The molecule has 0 saturated carbocycles. The molecule has 18 heavy (non-hydrogen) atoms. The zero-order valence-corrected chi connectivity index (χ0v) is 11.5. The van der Waals surface area contributed by atoms with Crippen LogP contribution in [0.2, 0.25) is 0 Å². The van der Waals surface area contributed by atoms with Crippen LogP contribution in [0.15, 0.2) is 6.20 Å². The van der Waals surface area contributed by atoms with Crippen molar-refractivity contribution >= 4 is 5.91 Å². The van der Waals surface area contributed by atoms with Crippen LogP contribution in [-0.4, -0.2) is 32.0 Å². The average molecular weight is 254 g/mol. The Morgan fingerprint density at radius 1 is 1.61 bits per heavy atom. The van der Waals surface area contributed by atoms with Crippen molar-refractivity contribution in [2.24, 2.45) is 0 Å². The van der Waals surface area contributed by atoms with Crippen molar-refractivity contribution in [3.63, 3.8) is 0 Å². The van der Waals surface area contributed by atoms with Crippen LogP contribution in [0.25, 0.3) is 0 Å². The Labute approximate surface area is 107 Å². The lowest BCUT2D eigenvalue weighted by molar-refractivity contribution is -0.122. The van der Waals surface area contributed by atoms with Crippen molar-refractivity contribution < 1.29 is 9.90 Å². The van der Waals surface area contributed by atoms with Gasteiger partial charge in [0.15, 0.2) is 0 Å². The smallest absolute Gasteiger partial charge is 0.242 e. The molecule has 1 rings (SSSR count). The summed E-state index contributed by atoms with van der Waals surface area (Å²) in [6.07, 6.45) is 3.58. The van der Waals surface area contributed by atoms with Gasteiger partial charge >= 0.3 is 0 Å². The summed E-state index contributed by atoms with van der Waals surface area (Å²) < 4.78 is 1.43. The first-order chi connectivity index (χ1) is 8.32. The number of aromatic nitrogens is 3. The summed E-state index contributed by atoms with van der Waals surface area (Å²) in [6, 6.07) is 0.166. The zero-order valence-electron chi connectivity index (χ0n) is 11.5. The monoisotopic (exact) mass is 254 g/mol. The Balaban J connectivity index is 2.52. The van der Waals surface area contributed by atoms with Gasteiger partial charge in [0.25, 0.3) is 0 Å². The van der Waals surface area contributed by atoms with Crippen molar-refractivity contribution in [3.05, 3.63) is 11.9 Å². The number of carbonyl (C=O) groups is 1. The Kier molecular flexibility index (Phi) is 4.84. The van der Waals surface area contributed by atoms with Gasteiger partial charge in [0, 0.05) is 6.04 Å². The molecule has 0 aliphatic rings. The van der Waals surface area contributed by atoms with Gasteiger partial charge in [-0.1, -0.05) is 18.6 Å². The summed E-state index contributed by atoms with van der Waals surface area (Å²) in [5.74, 6) is -0.0943. The first kappa shape index (κ1) is 14.6. The van der Waals surface area contributed by atoms with Gasteiger partial charge in [-0.05, 0) is 27.2 Å². The predicted octanol–water partition coefficient (Wildman–Crippen LogP) is 0.810. The number of nitrogens with one attached hydrogen (secondary N) is 1. The fraction of sp³-hybridized carbons (Fsp3) is 0.750. The van der Waals surface area contributed by atoms with E-state index in [1.807, 2.05) is 6.92 Å². The Morgan fingerprint density at radius 3 is 2.78 bits per heavy atom. The maximum Gasteiger partial charge on any atom is 0.242 e. The van der Waals surface area contributed by atoms with Crippen molar-refractivity contribution in [3.8, 4) is 0 Å². The van der Waals surface area contributed by atoms with Crippen LogP contribution in [0.5, 0.6) is 0 Å². The molecule has 0 aliphatic heterocycles. The minimum Gasteiger partial charge on any atom is -0.384 e. The lowest BCUT2D eigenvalue weighted by Crippen LogP contribution is -2.35. The summed E-state index contributed by atoms with van der Waals surface area (Å²) in [7, 11) is 0. The highest BCUT2D eigenvalue weighted by molar-refractivity contribution is 5.75. The van der Waals surface area contributed by atoms with E-state index in [0.29, 0.717) is 5.69 Å². The molecule has 0 bridgehead atoms. The third kappa shape index (κ3) is 4.44. The van der Waals surface area contributed by atoms with Gasteiger partial charge in [-0.15, -0.1) is 5.10 Å². The van der Waals surface area contributed by atoms with Gasteiger partial charge < -0.3 is 10.4 Å². The fourth-order valence-electron chi connectivity index (χ4n) is 1.63. The normalized spacial score (nSPS) is 13.4. The molecule has 6 nitrogen and oxygen atoms in total. The van der Waals surface area contributed by atoms with E-state index in [2.05, 4.69) is 22.6 Å². The second-order valence-electron chi connectivity index (χ2n) is 5.12. The van der Waals surface area contributed by atoms with Crippen LogP contribution >= 0.6 is 0 Å². The summed E-state index contributed by atoms with van der Waals surface area (Å²) in [5.41, 5.74) is -0.582. The standard InChI is InChI=1S/C12H22N4O2/c1-5-6-9(2)13-11(17)8-16-7-10(14-15-16)12(3,4)18/h7,9,18H,5-6,8H2,1-4H3,(H,13,17). The van der Waals surface area contributed by atoms with Crippen molar-refractivity contribution in [2.75, 3.05) is 0 Å². The van der Waals surface area contributed by atoms with E-state index in [0.717, 1.165) is 12.8 Å². The number of rotatable bonds is 6. The molecule has 0 fully saturated rings. The Bertz CT molecular complexity index is 395. The molecule has 1 unspecified atom stereocenters. The predicted molar refractivity (Wildman–Crippen MR) is 67.8 cm³/mol. The molecule has 0 spiro atoms. The van der Waals surface area contributed by atoms with E-state index in [1.54, 1.807) is 20.0 Å². The molecule has 0 aliphatic carbocycles. The van der Waals surface area contributed by atoms with Gasteiger partial charge in [0.2, 0.25) is 5.91 Å². The highest BCUT2D eigenvalue weighted by Gasteiger charge is 2.20. The lowest BCUT2D eigenvalue weighted by Gasteiger charge is -2.13. The first-order valence-corrected chi connectivity index (χ1v) is 6.25. The maximum atomic E-state index is 11.7. The van der Waals surface area contributed by atoms with Crippen LogP contribution in [-0.2, 0) is 16.9 Å². The van der Waals surface area contributed by atoms with Gasteiger partial charge in [0.05, 0.1) is 6.20 Å². The zero-order chi connectivity index (χ0) is 13.8. The number of aliphatic hydroxyl groups is 1. The van der Waals surface area contributed by atoms with Crippen molar-refractivity contribution in [2.45, 2.75) is 58.7 Å². The molecular formula is C12H22N4O2. The van der Waals surface area contributed by atoms with E-state index in [9.17, 15) is 9.90 Å². The topological polar surface area (TPSA) is 80.0 Å². The Hall–Kier alpha value is -1.43. The molecule has 1 aromatic rings. The molecule has 1 amide bonds. The van der Waals surface area contributed by atoms with Crippen LogP contribution < -0.4 is 5.32 Å². The number of nitrogens with zero attached hydrogens (tertiary/aromatic N) is 3. The average Bonchev–Trinajstić information content (AvgIpc) is 2.65. The van der Waals surface area contributed by atoms with Crippen LogP contribution in [0.3, 0.4) is 0 Å². The maximum absolute atomic E-state index is 11.7. The largest absolute Gasteiger partial charge is 0.384 e. The van der Waals surface area contributed by atoms with Crippen molar-refractivity contribution in [1.29, 1.82) is 0 Å². The molecule has 1 heterocycles. The highest BCUT2D eigenvalue weighted by Crippen LogP contribution is 2.15. The highest BCUT2D eigenvalue weighted by atomic mass is 16.3. The molecule has 2 N–H and O–H groups in total. The molecule has 102 valence electrons. The van der Waals surface area contributed by atoms with Crippen LogP contribution in [0, 0.1) is 0 Å². The Morgan fingerprint density at radius 2 is 2.28 bits per heavy atom. The SMILES string of the molecule is CCCC(C)NC(=O)Cn1cc(C(C)(C)O)nn1. The second kappa shape index (κ2) is 5.95. The molecule has 6 heteroatoms. The van der Waals surface area contributed by atoms with Gasteiger partial charge in [0.1, 0.15) is 17.8 Å². The second-order valence-corrected chi connectivity index (χ2v) is 5.12. The van der Waals surface area contributed by atoms with Crippen LogP contribution in [0.1, 0.15) is 46.2 Å². The molecule has 1 aromatic heterocycles. The van der Waals surface area contributed by atoms with Gasteiger partial charge in [-0.25, -0.2) is 4.68 Å². The molecular weight excluding hydrogens is 232 g/mol. The van der Waals surface area contributed by atoms with Crippen LogP contribution in [0.4, 0.5) is 0 Å². The summed E-state index contributed by atoms with van der Waals surface area (Å²) in [5, 5.41) is 20.3. The molecule has 0 radical (unpaired) electrons. The first-order valence-electron chi connectivity index (χ1n) is 6.25. The van der Waals surface area contributed by atoms with E-state index in [1.165, 1.54) is 4.68 Å². The minimum absolute atomic E-state index is 0.0943. The van der Waals surface area contributed by atoms with E-state index < -0.39 is 5.60 Å². The molecule has 0 aromatic carbocycles. The quantitative estimate of drug-likeness (QED) is 0.787. The number of amides is 1. The summed E-state index contributed by atoms with van der Waals surface area (Å²) in [4.78, 5) is 11.7. The lowest BCUT2D eigenvalue weighted by atomic mass is 10.1. The fourth-order valence-corrected chi connectivity index (χ4v) is 1.63. The number of hydrogen-bond donors (Lipinski definition) is 2. The van der Waals surface area contributed by atoms with Gasteiger partial charge in [-0.2, -0.15) is 0 Å².